The van der Waals surface area contributed by atoms with E-state index in [0.717, 1.165) is 10.5 Å². The summed E-state index contributed by atoms with van der Waals surface area (Å²) in [6, 6.07) is 2.60. The maximum atomic E-state index is 12.7. The van der Waals surface area contributed by atoms with Gasteiger partial charge in [0.15, 0.2) is 9.84 Å². The zero-order valence-electron chi connectivity index (χ0n) is 15.0. The third-order valence-electron chi connectivity index (χ3n) is 4.71. The number of piperazine rings is 1. The number of thioether (sulfide) groups is 1. The summed E-state index contributed by atoms with van der Waals surface area (Å²) in [5.74, 6) is -1.25. The van der Waals surface area contributed by atoms with Crippen molar-refractivity contribution in [3.8, 4) is 0 Å². The van der Waals surface area contributed by atoms with Gasteiger partial charge in [0.1, 0.15) is 5.03 Å². The maximum Gasteiger partial charge on any atom is 0.447 e. The second kappa shape index (κ2) is 8.04. The lowest BCUT2D eigenvalue weighted by Gasteiger charge is -2.35. The van der Waals surface area contributed by atoms with Gasteiger partial charge in [0, 0.05) is 44.1 Å². The van der Waals surface area contributed by atoms with Gasteiger partial charge in [-0.15, -0.1) is 0 Å². The van der Waals surface area contributed by atoms with Crippen molar-refractivity contribution in [2.45, 2.75) is 22.2 Å². The van der Waals surface area contributed by atoms with Gasteiger partial charge in [0.05, 0.1) is 22.3 Å². The molecule has 0 aliphatic carbocycles. The Morgan fingerprint density at radius 2 is 1.86 bits per heavy atom. The van der Waals surface area contributed by atoms with E-state index in [1.165, 1.54) is 17.0 Å². The Hall–Kier alpha value is -1.38. The van der Waals surface area contributed by atoms with Gasteiger partial charge in [0.25, 0.3) is 5.91 Å². The minimum absolute atomic E-state index is 0.0114. The molecule has 1 amide bonds. The summed E-state index contributed by atoms with van der Waals surface area (Å²) < 4.78 is 87.7. The van der Waals surface area contributed by atoms with Gasteiger partial charge in [-0.25, -0.2) is 21.8 Å². The number of halogens is 3. The third kappa shape index (κ3) is 5.22. The Balaban J connectivity index is 1.68. The summed E-state index contributed by atoms with van der Waals surface area (Å²) in [6.45, 7) is -0.121. The van der Waals surface area contributed by atoms with Gasteiger partial charge >= 0.3 is 5.51 Å². The first-order valence-electron chi connectivity index (χ1n) is 8.58. The zero-order chi connectivity index (χ0) is 21.4. The molecular formula is C15H18F3N3O5S3. The second-order valence-electron chi connectivity index (χ2n) is 6.67. The first-order valence-corrected chi connectivity index (χ1v) is 12.7. The fourth-order valence-electron chi connectivity index (χ4n) is 3.27. The molecule has 2 saturated heterocycles. The van der Waals surface area contributed by atoms with Crippen molar-refractivity contribution in [3.05, 3.63) is 23.9 Å². The molecular weight excluding hydrogens is 455 g/mol. The van der Waals surface area contributed by atoms with Crippen molar-refractivity contribution in [1.82, 2.24) is 14.2 Å². The minimum Gasteiger partial charge on any atom is -0.336 e. The van der Waals surface area contributed by atoms with Crippen molar-refractivity contribution >= 4 is 37.5 Å². The molecule has 1 aromatic heterocycles. The summed E-state index contributed by atoms with van der Waals surface area (Å²) in [5, 5.41) is -1.46. The number of alkyl halides is 3. The van der Waals surface area contributed by atoms with Gasteiger partial charge in [-0.3, -0.25) is 4.79 Å². The molecule has 1 unspecified atom stereocenters. The number of aromatic nitrogens is 1. The number of sulfone groups is 1. The van der Waals surface area contributed by atoms with Crippen LogP contribution in [-0.2, 0) is 19.9 Å². The van der Waals surface area contributed by atoms with E-state index in [4.69, 9.17) is 0 Å². The van der Waals surface area contributed by atoms with E-state index in [1.54, 1.807) is 0 Å². The molecule has 29 heavy (non-hydrogen) atoms. The van der Waals surface area contributed by atoms with Crippen LogP contribution in [-0.4, -0.2) is 85.4 Å². The molecule has 0 saturated carbocycles. The minimum atomic E-state index is -4.60. The number of hydrogen-bond acceptors (Lipinski definition) is 7. The molecule has 3 rings (SSSR count). The lowest BCUT2D eigenvalue weighted by Crippen LogP contribution is -2.52. The standard InChI is InChI=1S/C15H18F3N3O5S3/c16-15(17,18)27-13-12(2-1-4-19-13)14(22)20-5-7-21(8-6-20)29(25,26)11-3-9-28(23,24)10-11/h1-2,4,11H,3,5-10H2. The average molecular weight is 474 g/mol. The summed E-state index contributed by atoms with van der Waals surface area (Å²) in [4.78, 5) is 17.6. The van der Waals surface area contributed by atoms with E-state index in [1.807, 2.05) is 0 Å². The van der Waals surface area contributed by atoms with E-state index in [-0.39, 0.29) is 43.9 Å². The number of amides is 1. The van der Waals surface area contributed by atoms with Crippen LogP contribution < -0.4 is 0 Å². The first kappa shape index (κ1) is 22.3. The van der Waals surface area contributed by atoms with Crippen LogP contribution in [0.2, 0.25) is 0 Å². The molecule has 162 valence electrons. The molecule has 14 heteroatoms. The smallest absolute Gasteiger partial charge is 0.336 e. The van der Waals surface area contributed by atoms with Crippen LogP contribution in [0.1, 0.15) is 16.8 Å². The number of pyridine rings is 1. The lowest BCUT2D eigenvalue weighted by molar-refractivity contribution is -0.0329. The normalized spacial score (nSPS) is 23.3. The van der Waals surface area contributed by atoms with Crippen LogP contribution in [0.4, 0.5) is 13.2 Å². The topological polar surface area (TPSA) is 105 Å². The highest BCUT2D eigenvalue weighted by Gasteiger charge is 2.42. The molecule has 0 aromatic carbocycles. The van der Waals surface area contributed by atoms with E-state index < -0.39 is 59.1 Å². The van der Waals surface area contributed by atoms with Crippen molar-refractivity contribution in [3.63, 3.8) is 0 Å². The Morgan fingerprint density at radius 1 is 1.21 bits per heavy atom. The Kier molecular flexibility index (Phi) is 6.18. The summed E-state index contributed by atoms with van der Waals surface area (Å²) in [6.07, 6.45) is 1.20. The number of hydrogen-bond donors (Lipinski definition) is 0. The maximum absolute atomic E-state index is 12.7. The Morgan fingerprint density at radius 3 is 2.41 bits per heavy atom. The van der Waals surface area contributed by atoms with Gasteiger partial charge in [0.2, 0.25) is 10.0 Å². The van der Waals surface area contributed by atoms with Gasteiger partial charge < -0.3 is 4.90 Å². The van der Waals surface area contributed by atoms with Crippen molar-refractivity contribution in [1.29, 1.82) is 0 Å². The first-order chi connectivity index (χ1) is 13.4. The van der Waals surface area contributed by atoms with Crippen LogP contribution in [0.3, 0.4) is 0 Å². The molecule has 2 aliphatic rings. The van der Waals surface area contributed by atoms with Crippen molar-refractivity contribution in [2.24, 2.45) is 0 Å². The third-order valence-corrected chi connectivity index (χ3v) is 9.77. The highest BCUT2D eigenvalue weighted by molar-refractivity contribution is 8.00. The lowest BCUT2D eigenvalue weighted by atomic mass is 10.2. The molecule has 1 aromatic rings. The van der Waals surface area contributed by atoms with Crippen LogP contribution in [0.25, 0.3) is 0 Å². The van der Waals surface area contributed by atoms with Crippen LogP contribution in [0.15, 0.2) is 23.4 Å². The predicted molar refractivity (Wildman–Crippen MR) is 99.6 cm³/mol. The Bertz CT molecular complexity index is 990. The monoisotopic (exact) mass is 473 g/mol. The van der Waals surface area contributed by atoms with E-state index >= 15 is 0 Å². The summed E-state index contributed by atoms with van der Waals surface area (Å²) >= 11 is -0.481. The van der Waals surface area contributed by atoms with Crippen LogP contribution in [0.5, 0.6) is 0 Å². The molecule has 0 spiro atoms. The predicted octanol–water partition coefficient (Wildman–Crippen LogP) is 0.968. The summed E-state index contributed by atoms with van der Waals surface area (Å²) in [7, 11) is -7.20. The Labute approximate surface area is 170 Å². The van der Waals surface area contributed by atoms with E-state index in [2.05, 4.69) is 4.98 Å². The van der Waals surface area contributed by atoms with Crippen molar-refractivity contribution in [2.75, 3.05) is 37.7 Å². The molecule has 0 radical (unpaired) electrons. The van der Waals surface area contributed by atoms with E-state index in [9.17, 15) is 34.8 Å². The molecule has 8 nitrogen and oxygen atoms in total. The second-order valence-corrected chi connectivity index (χ2v) is 12.2. The molecule has 3 heterocycles. The highest BCUT2D eigenvalue weighted by atomic mass is 32.2. The van der Waals surface area contributed by atoms with Gasteiger partial charge in [-0.2, -0.15) is 17.5 Å². The van der Waals surface area contributed by atoms with Crippen molar-refractivity contribution < 1.29 is 34.8 Å². The van der Waals surface area contributed by atoms with Gasteiger partial charge in [-0.05, 0) is 18.6 Å². The number of rotatable bonds is 4. The average Bonchev–Trinajstić information content (AvgIpc) is 3.01. The molecule has 0 bridgehead atoms. The van der Waals surface area contributed by atoms with Crippen LogP contribution >= 0.6 is 11.8 Å². The molecule has 2 fully saturated rings. The highest BCUT2D eigenvalue weighted by Crippen LogP contribution is 2.37. The summed E-state index contributed by atoms with van der Waals surface area (Å²) in [5.41, 5.74) is -4.80. The SMILES string of the molecule is O=C(c1cccnc1SC(F)(F)F)N1CCN(S(=O)(=O)C2CCS(=O)(=O)C2)CC1. The number of carbonyl (C=O) groups is 1. The fourth-order valence-corrected chi connectivity index (χ4v) is 8.38. The largest absolute Gasteiger partial charge is 0.447 e. The van der Waals surface area contributed by atoms with Crippen LogP contribution in [0, 0.1) is 0 Å². The molecule has 0 N–H and O–H groups in total. The zero-order valence-corrected chi connectivity index (χ0v) is 17.5. The number of sulfonamides is 1. The fraction of sp³-hybridized carbons (Fsp3) is 0.600. The number of nitrogens with zero attached hydrogens (tertiary/aromatic N) is 3. The molecule has 2 aliphatic heterocycles. The quantitative estimate of drug-likeness (QED) is 0.600. The van der Waals surface area contributed by atoms with E-state index in [0.29, 0.717) is 0 Å². The molecule has 1 atom stereocenters. The number of carbonyl (C=O) groups excluding carboxylic acids is 1. The van der Waals surface area contributed by atoms with Gasteiger partial charge in [-0.1, -0.05) is 0 Å².